The molecule has 1 atom stereocenters. The number of cyclic esters (lactones) is 1. The SMILES string of the molecule is Cn1cnnc1Sc1ccc(C(=O)O[C@@H]2CCOC2=O)cc1[N+](=O)[O-]. The third-order valence-corrected chi connectivity index (χ3v) is 4.52. The molecule has 130 valence electrons. The molecule has 11 heteroatoms. The van der Waals surface area contributed by atoms with Crippen LogP contribution in [-0.4, -0.2) is 44.3 Å². The van der Waals surface area contributed by atoms with E-state index < -0.39 is 23.0 Å². The van der Waals surface area contributed by atoms with Crippen LogP contribution in [0.15, 0.2) is 34.6 Å². The predicted molar refractivity (Wildman–Crippen MR) is 83.0 cm³/mol. The lowest BCUT2D eigenvalue weighted by molar-refractivity contribution is -0.387. The maximum absolute atomic E-state index is 12.1. The van der Waals surface area contributed by atoms with Crippen molar-refractivity contribution in [2.75, 3.05) is 6.61 Å². The van der Waals surface area contributed by atoms with Gasteiger partial charge in [-0.2, -0.15) is 0 Å². The van der Waals surface area contributed by atoms with E-state index in [2.05, 4.69) is 10.2 Å². The average molecular weight is 364 g/mol. The molecular weight excluding hydrogens is 352 g/mol. The van der Waals surface area contributed by atoms with Gasteiger partial charge in [-0.05, 0) is 23.9 Å². The van der Waals surface area contributed by atoms with E-state index in [0.717, 1.165) is 17.8 Å². The maximum Gasteiger partial charge on any atom is 0.347 e. The summed E-state index contributed by atoms with van der Waals surface area (Å²) < 4.78 is 11.4. The van der Waals surface area contributed by atoms with Crippen molar-refractivity contribution in [2.45, 2.75) is 22.6 Å². The first kappa shape index (κ1) is 16.9. The molecule has 2 heterocycles. The topological polar surface area (TPSA) is 126 Å². The van der Waals surface area contributed by atoms with Crippen molar-refractivity contribution in [3.63, 3.8) is 0 Å². The second kappa shape index (κ2) is 6.89. The van der Waals surface area contributed by atoms with Gasteiger partial charge < -0.3 is 14.0 Å². The van der Waals surface area contributed by atoms with Gasteiger partial charge >= 0.3 is 11.9 Å². The van der Waals surface area contributed by atoms with Crippen molar-refractivity contribution in [1.29, 1.82) is 0 Å². The van der Waals surface area contributed by atoms with Gasteiger partial charge in [-0.25, -0.2) is 9.59 Å². The maximum atomic E-state index is 12.1. The number of carbonyl (C=O) groups is 2. The molecule has 0 N–H and O–H groups in total. The summed E-state index contributed by atoms with van der Waals surface area (Å²) in [6.45, 7) is 0.185. The minimum absolute atomic E-state index is 0.0197. The lowest BCUT2D eigenvalue weighted by Crippen LogP contribution is -2.22. The Balaban J connectivity index is 1.83. The van der Waals surface area contributed by atoms with Gasteiger partial charge in [0, 0.05) is 19.5 Å². The summed E-state index contributed by atoms with van der Waals surface area (Å²) in [5.41, 5.74) is -0.287. The number of rotatable bonds is 5. The van der Waals surface area contributed by atoms with Gasteiger partial charge in [-0.1, -0.05) is 0 Å². The number of aromatic nitrogens is 3. The molecule has 1 saturated heterocycles. The summed E-state index contributed by atoms with van der Waals surface area (Å²) in [6, 6.07) is 3.94. The van der Waals surface area contributed by atoms with Crippen LogP contribution in [0.3, 0.4) is 0 Å². The first-order valence-electron chi connectivity index (χ1n) is 7.13. The second-order valence-electron chi connectivity index (χ2n) is 5.12. The van der Waals surface area contributed by atoms with Crippen LogP contribution in [0.1, 0.15) is 16.8 Å². The summed E-state index contributed by atoms with van der Waals surface area (Å²) in [6.07, 6.45) is 0.770. The van der Waals surface area contributed by atoms with E-state index in [4.69, 9.17) is 9.47 Å². The van der Waals surface area contributed by atoms with Gasteiger partial charge in [0.25, 0.3) is 5.69 Å². The van der Waals surface area contributed by atoms with Crippen LogP contribution in [0.4, 0.5) is 5.69 Å². The average Bonchev–Trinajstić information content (AvgIpc) is 3.16. The van der Waals surface area contributed by atoms with Crippen LogP contribution in [0.25, 0.3) is 0 Å². The highest BCUT2D eigenvalue weighted by molar-refractivity contribution is 7.99. The fourth-order valence-corrected chi connectivity index (χ4v) is 2.97. The van der Waals surface area contributed by atoms with Crippen molar-refractivity contribution in [3.8, 4) is 0 Å². The second-order valence-corrected chi connectivity index (χ2v) is 6.13. The fraction of sp³-hybridized carbons (Fsp3) is 0.286. The Morgan fingerprint density at radius 3 is 2.92 bits per heavy atom. The Hall–Kier alpha value is -2.95. The molecule has 1 fully saturated rings. The number of nitrogens with zero attached hydrogens (tertiary/aromatic N) is 4. The van der Waals surface area contributed by atoms with Crippen molar-refractivity contribution >= 4 is 29.4 Å². The summed E-state index contributed by atoms with van der Waals surface area (Å²) in [7, 11) is 1.71. The third kappa shape index (κ3) is 3.60. The molecule has 3 rings (SSSR count). The molecule has 0 radical (unpaired) electrons. The van der Waals surface area contributed by atoms with E-state index in [1.54, 1.807) is 11.6 Å². The third-order valence-electron chi connectivity index (χ3n) is 3.40. The van der Waals surface area contributed by atoms with Gasteiger partial charge in [0.15, 0.2) is 5.16 Å². The normalized spacial score (nSPS) is 16.5. The van der Waals surface area contributed by atoms with Gasteiger partial charge in [0.2, 0.25) is 6.10 Å². The zero-order valence-corrected chi connectivity index (χ0v) is 13.8. The largest absolute Gasteiger partial charge is 0.463 e. The molecule has 25 heavy (non-hydrogen) atoms. The molecule has 10 nitrogen and oxygen atoms in total. The Labute approximate surface area is 145 Å². The van der Waals surface area contributed by atoms with E-state index in [0.29, 0.717) is 10.1 Å². The minimum Gasteiger partial charge on any atom is -0.463 e. The quantitative estimate of drug-likeness (QED) is 0.439. The predicted octanol–water partition coefficient (Wildman–Crippen LogP) is 1.35. The van der Waals surface area contributed by atoms with E-state index >= 15 is 0 Å². The number of hydrogen-bond acceptors (Lipinski definition) is 9. The molecule has 0 spiro atoms. The molecule has 1 aromatic carbocycles. The molecule has 0 saturated carbocycles. The molecule has 0 amide bonds. The van der Waals surface area contributed by atoms with Crippen LogP contribution in [0, 0.1) is 10.1 Å². The highest BCUT2D eigenvalue weighted by Crippen LogP contribution is 2.34. The molecule has 0 unspecified atom stereocenters. The Morgan fingerprint density at radius 2 is 2.32 bits per heavy atom. The number of nitro groups is 1. The van der Waals surface area contributed by atoms with Crippen molar-refractivity contribution in [3.05, 3.63) is 40.2 Å². The van der Waals surface area contributed by atoms with Crippen molar-refractivity contribution in [2.24, 2.45) is 7.05 Å². The number of carbonyl (C=O) groups excluding carboxylic acids is 2. The number of hydrogen-bond donors (Lipinski definition) is 0. The Morgan fingerprint density at radius 1 is 1.52 bits per heavy atom. The summed E-state index contributed by atoms with van der Waals surface area (Å²) in [5, 5.41) is 19.4. The molecular formula is C14H12N4O6S. The number of benzene rings is 1. The summed E-state index contributed by atoms with van der Waals surface area (Å²) >= 11 is 1.05. The van der Waals surface area contributed by atoms with Crippen molar-refractivity contribution < 1.29 is 24.0 Å². The first-order chi connectivity index (χ1) is 12.0. The minimum atomic E-state index is -0.973. The smallest absolute Gasteiger partial charge is 0.347 e. The van der Waals surface area contributed by atoms with Crippen LogP contribution >= 0.6 is 11.8 Å². The lowest BCUT2D eigenvalue weighted by atomic mass is 10.2. The zero-order valence-electron chi connectivity index (χ0n) is 12.9. The van der Waals surface area contributed by atoms with Crippen LogP contribution in [-0.2, 0) is 21.3 Å². The highest BCUT2D eigenvalue weighted by Gasteiger charge is 2.31. The zero-order chi connectivity index (χ0) is 18.0. The molecule has 1 aliphatic rings. The molecule has 1 aromatic heterocycles. The monoisotopic (exact) mass is 364 g/mol. The van der Waals surface area contributed by atoms with Crippen molar-refractivity contribution in [1.82, 2.24) is 14.8 Å². The first-order valence-corrected chi connectivity index (χ1v) is 7.95. The number of aryl methyl sites for hydroxylation is 1. The summed E-state index contributed by atoms with van der Waals surface area (Å²) in [4.78, 5) is 34.5. The standard InChI is InChI=1S/C14H12N4O6S/c1-17-7-15-16-14(17)25-11-3-2-8(6-9(11)18(21)22)12(19)24-10-4-5-23-13(10)20/h2-3,6-7,10H,4-5H2,1H3/t10-/m1/s1. The van der Waals surface area contributed by atoms with E-state index in [-0.39, 0.29) is 24.3 Å². The molecule has 1 aliphatic heterocycles. The van der Waals surface area contributed by atoms with E-state index in [1.165, 1.54) is 18.5 Å². The number of ether oxygens (including phenoxy) is 2. The Kier molecular flexibility index (Phi) is 4.65. The van der Waals surface area contributed by atoms with Gasteiger partial charge in [-0.15, -0.1) is 10.2 Å². The van der Waals surface area contributed by atoms with Crippen LogP contribution < -0.4 is 0 Å². The number of nitro benzene ring substituents is 1. The highest BCUT2D eigenvalue weighted by atomic mass is 32.2. The molecule has 0 aliphatic carbocycles. The van der Waals surface area contributed by atoms with Gasteiger partial charge in [0.05, 0.1) is 22.0 Å². The van der Waals surface area contributed by atoms with Gasteiger partial charge in [-0.3, -0.25) is 10.1 Å². The van der Waals surface area contributed by atoms with Crippen LogP contribution in [0.5, 0.6) is 0 Å². The molecule has 0 bridgehead atoms. The Bertz CT molecular complexity index is 852. The molecule has 2 aromatic rings. The lowest BCUT2D eigenvalue weighted by Gasteiger charge is -2.09. The van der Waals surface area contributed by atoms with Gasteiger partial charge in [0.1, 0.15) is 6.33 Å². The van der Waals surface area contributed by atoms with E-state index in [9.17, 15) is 19.7 Å². The van der Waals surface area contributed by atoms with Crippen LogP contribution in [0.2, 0.25) is 0 Å². The summed E-state index contributed by atoms with van der Waals surface area (Å²) in [5.74, 6) is -1.43. The van der Waals surface area contributed by atoms with E-state index in [1.807, 2.05) is 0 Å². The number of esters is 2. The fourth-order valence-electron chi connectivity index (χ4n) is 2.12.